The second-order valence-corrected chi connectivity index (χ2v) is 8.96. The largest absolute Gasteiger partial charge is 0.337 e. The molecule has 2 fully saturated rings. The Bertz CT molecular complexity index is 692. The molecule has 0 N–H and O–H groups in total. The molecule has 2 saturated carbocycles. The molecule has 5 heteroatoms. The van der Waals surface area contributed by atoms with Gasteiger partial charge in [-0.2, -0.15) is 0 Å². The van der Waals surface area contributed by atoms with E-state index in [1.54, 1.807) is 17.0 Å². The van der Waals surface area contributed by atoms with Crippen LogP contribution in [0.2, 0.25) is 0 Å². The summed E-state index contributed by atoms with van der Waals surface area (Å²) >= 11 is 0. The molecule has 118 valence electrons. The highest BCUT2D eigenvalue weighted by atomic mass is 32.2. The van der Waals surface area contributed by atoms with Crippen molar-refractivity contribution in [2.45, 2.75) is 37.1 Å². The van der Waals surface area contributed by atoms with Gasteiger partial charge in [0.05, 0.1) is 10.6 Å². The van der Waals surface area contributed by atoms with Crippen LogP contribution in [0.25, 0.3) is 0 Å². The van der Waals surface area contributed by atoms with Gasteiger partial charge in [0.2, 0.25) is 5.91 Å². The van der Waals surface area contributed by atoms with Gasteiger partial charge >= 0.3 is 0 Å². The number of amides is 1. The molecular weight excluding hydrogens is 298 g/mol. The number of carbonyl (C=O) groups is 1. The Kier molecular flexibility index (Phi) is 3.29. The van der Waals surface area contributed by atoms with Crippen LogP contribution in [0.5, 0.6) is 0 Å². The molecule has 3 aliphatic rings. The molecule has 0 aromatic heterocycles. The van der Waals surface area contributed by atoms with Crippen molar-refractivity contribution in [1.29, 1.82) is 0 Å². The summed E-state index contributed by atoms with van der Waals surface area (Å²) in [5.41, 5.74) is 0.763. The molecule has 22 heavy (non-hydrogen) atoms. The van der Waals surface area contributed by atoms with Crippen molar-refractivity contribution < 1.29 is 13.2 Å². The van der Waals surface area contributed by atoms with Gasteiger partial charge in [-0.15, -0.1) is 0 Å². The Hall–Kier alpha value is -1.36. The topological polar surface area (TPSA) is 54.5 Å². The van der Waals surface area contributed by atoms with E-state index in [1.165, 1.54) is 0 Å². The molecule has 0 atom stereocenters. The molecule has 4 nitrogen and oxygen atoms in total. The summed E-state index contributed by atoms with van der Waals surface area (Å²) in [6.07, 6.45) is 4.65. The second-order valence-electron chi connectivity index (χ2n) is 6.89. The fourth-order valence-electron chi connectivity index (χ4n) is 3.66. The molecule has 1 amide bonds. The van der Waals surface area contributed by atoms with Crippen molar-refractivity contribution >= 4 is 15.7 Å². The average Bonchev–Trinajstić information content (AvgIpc) is 3.36. The van der Waals surface area contributed by atoms with Crippen molar-refractivity contribution in [2.75, 3.05) is 12.3 Å². The van der Waals surface area contributed by atoms with Gasteiger partial charge < -0.3 is 4.90 Å². The number of carbonyl (C=O) groups excluding carboxylic acids is 1. The average molecular weight is 319 g/mol. The van der Waals surface area contributed by atoms with Crippen LogP contribution < -0.4 is 0 Å². The van der Waals surface area contributed by atoms with Gasteiger partial charge in [0.25, 0.3) is 0 Å². The van der Waals surface area contributed by atoms with E-state index in [2.05, 4.69) is 0 Å². The number of fused-ring (bicyclic) bond motifs is 1. The van der Waals surface area contributed by atoms with E-state index in [0.717, 1.165) is 31.2 Å². The number of nitrogens with zero attached hydrogens (tertiary/aromatic N) is 1. The fraction of sp³-hybridized carbons (Fsp3) is 0.588. The fourth-order valence-corrected chi connectivity index (χ4v) is 5.16. The van der Waals surface area contributed by atoms with Crippen molar-refractivity contribution in [3.63, 3.8) is 0 Å². The van der Waals surface area contributed by atoms with Crippen LogP contribution in [0.15, 0.2) is 29.2 Å². The number of benzene rings is 1. The predicted molar refractivity (Wildman–Crippen MR) is 82.8 cm³/mol. The van der Waals surface area contributed by atoms with E-state index in [1.807, 2.05) is 12.1 Å². The number of sulfone groups is 1. The third kappa shape index (κ3) is 2.56. The lowest BCUT2D eigenvalue weighted by atomic mass is 9.96. The summed E-state index contributed by atoms with van der Waals surface area (Å²) in [7, 11) is -3.27. The van der Waals surface area contributed by atoms with Gasteiger partial charge in [-0.1, -0.05) is 18.2 Å². The first-order chi connectivity index (χ1) is 10.6. The normalized spacial score (nSPS) is 24.0. The first kappa shape index (κ1) is 14.2. The molecule has 1 heterocycles. The van der Waals surface area contributed by atoms with Gasteiger partial charge in [0.15, 0.2) is 9.84 Å². The van der Waals surface area contributed by atoms with Crippen LogP contribution in [0, 0.1) is 17.8 Å². The Balaban J connectivity index is 1.63. The predicted octanol–water partition coefficient (Wildman–Crippen LogP) is 2.24. The lowest BCUT2D eigenvalue weighted by molar-refractivity contribution is -0.137. The number of hydrogen-bond acceptors (Lipinski definition) is 3. The van der Waals surface area contributed by atoms with Crippen LogP contribution in [-0.4, -0.2) is 31.5 Å². The molecule has 0 unspecified atom stereocenters. The summed E-state index contributed by atoms with van der Waals surface area (Å²) < 4.78 is 24.8. The molecule has 1 aromatic rings. The van der Waals surface area contributed by atoms with Crippen molar-refractivity contribution in [1.82, 2.24) is 4.90 Å². The van der Waals surface area contributed by atoms with Gasteiger partial charge in [-0.05, 0) is 49.1 Å². The van der Waals surface area contributed by atoms with Crippen LogP contribution in [0.4, 0.5) is 0 Å². The smallest absolute Gasteiger partial charge is 0.226 e. The molecule has 1 aromatic carbocycles. The number of rotatable bonds is 3. The quantitative estimate of drug-likeness (QED) is 0.858. The molecule has 1 aliphatic heterocycles. The third-order valence-electron chi connectivity index (χ3n) is 5.16. The van der Waals surface area contributed by atoms with E-state index in [4.69, 9.17) is 0 Å². The van der Waals surface area contributed by atoms with Crippen LogP contribution in [0.1, 0.15) is 31.2 Å². The summed E-state index contributed by atoms with van der Waals surface area (Å²) in [5, 5.41) is 0. The summed E-state index contributed by atoms with van der Waals surface area (Å²) in [4.78, 5) is 15.2. The number of hydrogen-bond donors (Lipinski definition) is 0. The third-order valence-corrected chi connectivity index (χ3v) is 6.94. The van der Waals surface area contributed by atoms with Gasteiger partial charge in [-0.25, -0.2) is 8.42 Å². The van der Waals surface area contributed by atoms with Crippen LogP contribution >= 0.6 is 0 Å². The zero-order valence-electron chi connectivity index (χ0n) is 12.6. The maximum absolute atomic E-state index is 13.0. The SMILES string of the molecule is O=C(C(C1CC1)C1CC1)N1CCS(=O)(=O)c2ccccc2C1. The first-order valence-electron chi connectivity index (χ1n) is 8.16. The zero-order chi connectivity index (χ0) is 15.3. The van der Waals surface area contributed by atoms with Gasteiger partial charge in [-0.3, -0.25) is 4.79 Å². The van der Waals surface area contributed by atoms with E-state index in [-0.39, 0.29) is 17.6 Å². The Labute approximate surface area is 131 Å². The molecule has 4 rings (SSSR count). The molecule has 0 bridgehead atoms. The maximum Gasteiger partial charge on any atom is 0.226 e. The molecule has 0 radical (unpaired) electrons. The minimum atomic E-state index is -3.27. The molecular formula is C17H21NO3S. The molecule has 2 aliphatic carbocycles. The van der Waals surface area contributed by atoms with E-state index in [9.17, 15) is 13.2 Å². The minimum absolute atomic E-state index is 0.0395. The van der Waals surface area contributed by atoms with Crippen molar-refractivity contribution in [2.24, 2.45) is 17.8 Å². The summed E-state index contributed by atoms with van der Waals surface area (Å²) in [5.74, 6) is 1.48. The Morgan fingerprint density at radius 3 is 2.36 bits per heavy atom. The van der Waals surface area contributed by atoms with Crippen LogP contribution in [-0.2, 0) is 21.2 Å². The monoisotopic (exact) mass is 319 g/mol. The Morgan fingerprint density at radius 2 is 1.73 bits per heavy atom. The maximum atomic E-state index is 13.0. The standard InChI is InChI=1S/C17H21NO3S/c19-17(16(12-5-6-12)13-7-8-13)18-9-10-22(20,21)15-4-2-1-3-14(15)11-18/h1-4,12-13,16H,5-11H2. The van der Waals surface area contributed by atoms with Gasteiger partial charge in [0.1, 0.15) is 0 Å². The highest BCUT2D eigenvalue weighted by molar-refractivity contribution is 7.91. The lowest BCUT2D eigenvalue weighted by Gasteiger charge is -2.26. The second kappa shape index (κ2) is 5.08. The zero-order valence-corrected chi connectivity index (χ0v) is 13.4. The van der Waals surface area contributed by atoms with Crippen LogP contribution in [0.3, 0.4) is 0 Å². The van der Waals surface area contributed by atoms with E-state index >= 15 is 0 Å². The minimum Gasteiger partial charge on any atom is -0.337 e. The highest BCUT2D eigenvalue weighted by Gasteiger charge is 2.47. The highest BCUT2D eigenvalue weighted by Crippen LogP contribution is 2.50. The first-order valence-corrected chi connectivity index (χ1v) is 9.81. The summed E-state index contributed by atoms with van der Waals surface area (Å²) in [6, 6.07) is 7.10. The van der Waals surface area contributed by atoms with Crippen molar-refractivity contribution in [3.05, 3.63) is 29.8 Å². The molecule has 0 spiro atoms. The molecule has 0 saturated heterocycles. The van der Waals surface area contributed by atoms with E-state index < -0.39 is 9.84 Å². The van der Waals surface area contributed by atoms with Crippen molar-refractivity contribution in [3.8, 4) is 0 Å². The Morgan fingerprint density at radius 1 is 1.09 bits per heavy atom. The summed E-state index contributed by atoms with van der Waals surface area (Å²) in [6.45, 7) is 0.760. The van der Waals surface area contributed by atoms with E-state index in [0.29, 0.717) is 29.8 Å². The lowest BCUT2D eigenvalue weighted by Crippen LogP contribution is -2.38. The van der Waals surface area contributed by atoms with Gasteiger partial charge in [0, 0.05) is 19.0 Å².